The second kappa shape index (κ2) is 17.4. The monoisotopic (exact) mass is 980 g/mol. The summed E-state index contributed by atoms with van der Waals surface area (Å²) in [6, 6.07) is 15.1. The van der Waals surface area contributed by atoms with Crippen LogP contribution in [0.25, 0.3) is 11.1 Å². The first-order chi connectivity index (χ1) is 32.7. The Bertz CT molecular complexity index is 3070. The number of ketones is 1. The summed E-state index contributed by atoms with van der Waals surface area (Å²) in [6.45, 7) is 45.7. The summed E-state index contributed by atoms with van der Waals surface area (Å²) in [5.74, 6) is -1.16. The van der Waals surface area contributed by atoms with Gasteiger partial charge in [0.25, 0.3) is 11.8 Å². The van der Waals surface area contributed by atoms with E-state index >= 15 is 4.79 Å². The van der Waals surface area contributed by atoms with E-state index in [0.717, 1.165) is 22.2 Å². The average Bonchev–Trinajstić information content (AvgIpc) is 3.55. The van der Waals surface area contributed by atoms with Gasteiger partial charge >= 0.3 is 0 Å². The van der Waals surface area contributed by atoms with Gasteiger partial charge in [0, 0.05) is 79.0 Å². The van der Waals surface area contributed by atoms with Crippen LogP contribution < -0.4 is 30.7 Å². The summed E-state index contributed by atoms with van der Waals surface area (Å²) in [6.07, 6.45) is 0. The molecule has 7 rings (SSSR count). The Morgan fingerprint density at radius 1 is 0.597 bits per heavy atom. The number of hydrogen-bond donors (Lipinski definition) is 5. The molecule has 10 nitrogen and oxygen atoms in total. The van der Waals surface area contributed by atoms with E-state index in [9.17, 15) is 24.9 Å². The summed E-state index contributed by atoms with van der Waals surface area (Å²) in [7, 11) is 0. The molecule has 2 aliphatic heterocycles. The zero-order valence-electron chi connectivity index (χ0n) is 47.4. The Labute approximate surface area is 429 Å². The van der Waals surface area contributed by atoms with E-state index < -0.39 is 39.3 Å². The van der Waals surface area contributed by atoms with Crippen LogP contribution in [0, 0.1) is 0 Å². The van der Waals surface area contributed by atoms with Crippen LogP contribution >= 0.6 is 0 Å². The number of nitrogens with zero attached hydrogens (tertiary/aromatic N) is 2. The summed E-state index contributed by atoms with van der Waals surface area (Å²) in [5.41, 5.74) is 4.81. The fourth-order valence-corrected chi connectivity index (χ4v) is 11.4. The van der Waals surface area contributed by atoms with Crippen LogP contribution in [-0.4, -0.2) is 57.1 Å². The van der Waals surface area contributed by atoms with E-state index in [2.05, 4.69) is 89.3 Å². The maximum absolute atomic E-state index is 15.3. The first-order valence-electron chi connectivity index (χ1n) is 25.9. The fraction of sp³-hybridized carbons (Fsp3) is 0.516. The van der Waals surface area contributed by atoms with Crippen molar-refractivity contribution in [2.75, 3.05) is 15.5 Å². The van der Waals surface area contributed by atoms with Crippen molar-refractivity contribution < 1.29 is 29.7 Å². The lowest BCUT2D eigenvalue weighted by molar-refractivity contribution is -0.109. The molecule has 2 heterocycles. The number of aromatic hydroxyl groups is 2. The van der Waals surface area contributed by atoms with Gasteiger partial charge in [-0.1, -0.05) is 96.9 Å². The lowest BCUT2D eigenvalue weighted by atomic mass is 9.76. The van der Waals surface area contributed by atoms with Gasteiger partial charge in [0.15, 0.2) is 6.04 Å². The van der Waals surface area contributed by atoms with Crippen molar-refractivity contribution in [2.24, 2.45) is 0 Å². The van der Waals surface area contributed by atoms with Crippen molar-refractivity contribution in [3.63, 3.8) is 0 Å². The third-order valence-corrected chi connectivity index (χ3v) is 16.2. The Balaban J connectivity index is 1.50. The van der Waals surface area contributed by atoms with Gasteiger partial charge in [-0.15, -0.1) is 0 Å². The highest BCUT2D eigenvalue weighted by molar-refractivity contribution is 6.52. The van der Waals surface area contributed by atoms with Crippen molar-refractivity contribution >= 4 is 45.8 Å². The highest BCUT2D eigenvalue weighted by atomic mass is 16.3. The minimum absolute atomic E-state index is 0.0650. The molecular formula is C62H83N4O6+. The molecule has 0 spiro atoms. The largest absolute Gasteiger partial charge is 0.507 e. The number of rotatable bonds is 7. The van der Waals surface area contributed by atoms with E-state index in [0.29, 0.717) is 55.5 Å². The van der Waals surface area contributed by atoms with Crippen LogP contribution in [0.15, 0.2) is 54.3 Å². The molecule has 0 radical (unpaired) electrons. The van der Waals surface area contributed by atoms with Gasteiger partial charge < -0.3 is 30.9 Å². The summed E-state index contributed by atoms with van der Waals surface area (Å²) >= 11 is 0. The third-order valence-electron chi connectivity index (χ3n) is 16.2. The van der Waals surface area contributed by atoms with Crippen LogP contribution in [0.3, 0.4) is 0 Å². The molecule has 2 atom stereocenters. The van der Waals surface area contributed by atoms with Gasteiger partial charge in [-0.2, -0.15) is 0 Å². The Kier molecular flexibility index (Phi) is 13.0. The number of aliphatic hydroxyl groups is 1. The lowest BCUT2D eigenvalue weighted by Crippen LogP contribution is -2.42. The molecule has 10 heteroatoms. The van der Waals surface area contributed by atoms with Crippen LogP contribution in [0.4, 0.5) is 17.1 Å². The number of carbonyl (C=O) groups excluding carboxylic acids is 3. The number of amides is 2. The van der Waals surface area contributed by atoms with Crippen molar-refractivity contribution in [3.8, 4) is 11.5 Å². The van der Waals surface area contributed by atoms with Crippen molar-refractivity contribution in [3.05, 3.63) is 115 Å². The number of carbonyl (C=O) groups is 3. The molecule has 0 saturated heterocycles. The van der Waals surface area contributed by atoms with E-state index in [-0.39, 0.29) is 63.4 Å². The standard InChI is InChI=1S/C62H82N4O6/c1-31(2)65-33(5)61(19,20)39-27-37(45(29-47(39)65)63-55(71)35-23-41(57(7,8)9)51(67)42(24-35)58(10,11)12)49-53(69)50(54(49)70)38-28-40-48(66(32(3)4)34(6)62(40,21)22)30-46(38)64-56(72)36-25-43(59(13,14)15)52(68)44(26-36)60(16,17)18/h23-34H,1-22H3,(H4,63,64,67,68,69,70,71,72)/p+1. The molecule has 0 bridgehead atoms. The minimum Gasteiger partial charge on any atom is -0.507 e. The predicted octanol–water partition coefficient (Wildman–Crippen LogP) is 12.0. The number of fused-ring (bicyclic) bond motifs is 2. The number of phenolic OH excluding ortho intramolecular Hbond substituents is 2. The van der Waals surface area contributed by atoms with Gasteiger partial charge in [0.2, 0.25) is 11.1 Å². The molecule has 4 aromatic carbocycles. The molecule has 5 N–H and O–H groups in total. The van der Waals surface area contributed by atoms with E-state index in [1.54, 1.807) is 24.3 Å². The van der Waals surface area contributed by atoms with Crippen LogP contribution in [-0.2, 0) is 37.3 Å². The van der Waals surface area contributed by atoms with Gasteiger partial charge in [-0.05, 0) is 125 Å². The topological polar surface area (TPSA) is 142 Å². The maximum atomic E-state index is 15.3. The Hall–Kier alpha value is -5.90. The van der Waals surface area contributed by atoms with Gasteiger partial charge in [-0.3, -0.25) is 14.4 Å². The van der Waals surface area contributed by atoms with Crippen LogP contribution in [0.1, 0.15) is 212 Å². The predicted molar refractivity (Wildman–Crippen MR) is 296 cm³/mol. The first-order valence-corrected chi connectivity index (χ1v) is 25.9. The van der Waals surface area contributed by atoms with Crippen LogP contribution in [0.2, 0.25) is 0 Å². The van der Waals surface area contributed by atoms with Gasteiger partial charge in [-0.25, -0.2) is 4.58 Å². The summed E-state index contributed by atoms with van der Waals surface area (Å²) in [4.78, 5) is 47.2. The normalized spacial score (nSPS) is 19.5. The molecule has 3 aliphatic rings. The third kappa shape index (κ3) is 8.82. The number of aliphatic hydroxyl groups excluding tert-OH is 1. The average molecular weight is 980 g/mol. The van der Waals surface area contributed by atoms with Crippen LogP contribution in [0.5, 0.6) is 11.5 Å². The second-order valence-corrected chi connectivity index (χ2v) is 26.8. The fourth-order valence-electron chi connectivity index (χ4n) is 11.4. The molecular weight excluding hydrogens is 897 g/mol. The molecule has 4 aromatic rings. The number of hydrogen-bond acceptors (Lipinski definition) is 7. The Morgan fingerprint density at radius 3 is 1.42 bits per heavy atom. The number of phenols is 2. The molecule has 0 aromatic heterocycles. The SMILES string of the molecule is CC(C)N1c2cc(NC(=O)c3cc(C(C)(C)C)c(O)c(C(C)(C)C)c3)c(C3=C(O)/C(=c4/cc5c(cc4NC(=O)c4cc(C(C)(C)C)c(O)c(C(C)(C)C)c4)=[N+](C(C)C)C(C)C5(C)C)C3=O)cc2C(C)(C)C1C. The second-order valence-electron chi connectivity index (χ2n) is 26.8. The van der Waals surface area contributed by atoms with E-state index in [1.165, 1.54) is 0 Å². The van der Waals surface area contributed by atoms with Crippen molar-refractivity contribution in [1.82, 2.24) is 4.58 Å². The molecule has 386 valence electrons. The number of nitrogens with one attached hydrogen (secondary N) is 2. The summed E-state index contributed by atoms with van der Waals surface area (Å²) in [5, 5.41) is 43.5. The number of benzene rings is 4. The highest BCUT2D eigenvalue weighted by Crippen LogP contribution is 2.51. The molecule has 2 unspecified atom stereocenters. The van der Waals surface area contributed by atoms with Gasteiger partial charge in [0.05, 0.1) is 27.9 Å². The van der Waals surface area contributed by atoms with E-state index in [1.807, 2.05) is 107 Å². The molecule has 1 aliphatic carbocycles. The lowest BCUT2D eigenvalue weighted by Gasteiger charge is -2.34. The van der Waals surface area contributed by atoms with Crippen molar-refractivity contribution in [2.45, 2.75) is 209 Å². The summed E-state index contributed by atoms with van der Waals surface area (Å²) < 4.78 is 2.34. The Morgan fingerprint density at radius 2 is 1.03 bits per heavy atom. The number of anilines is 3. The minimum atomic E-state index is -0.481. The molecule has 72 heavy (non-hydrogen) atoms. The zero-order chi connectivity index (χ0) is 54.2. The first kappa shape index (κ1) is 53.9. The number of allylic oxidation sites excluding steroid dienone is 2. The highest BCUT2D eigenvalue weighted by Gasteiger charge is 2.48. The maximum Gasteiger partial charge on any atom is 0.255 e. The van der Waals surface area contributed by atoms with Crippen molar-refractivity contribution in [1.29, 1.82) is 0 Å². The zero-order valence-corrected chi connectivity index (χ0v) is 47.4. The molecule has 0 fully saturated rings. The molecule has 2 amide bonds. The molecule has 0 saturated carbocycles. The van der Waals surface area contributed by atoms with Gasteiger partial charge in [0.1, 0.15) is 23.3 Å². The van der Waals surface area contributed by atoms with E-state index in [4.69, 9.17) is 0 Å². The smallest absolute Gasteiger partial charge is 0.255 e. The quantitative estimate of drug-likeness (QED) is 0.116. The number of Topliss-reactive ketones (excluding diaryl/α,β-unsaturated/α-hetero) is 1.